The van der Waals surface area contributed by atoms with Crippen molar-refractivity contribution in [2.24, 2.45) is 5.73 Å². The van der Waals surface area contributed by atoms with Crippen LogP contribution >= 0.6 is 11.3 Å². The molecule has 0 spiro atoms. The molecule has 0 fully saturated rings. The summed E-state index contributed by atoms with van der Waals surface area (Å²) < 4.78 is 25.9. The molecular formula is C12H21N3O3S2. The molecule has 0 aliphatic carbocycles. The lowest BCUT2D eigenvalue weighted by molar-refractivity contribution is -0.130. The Kier molecular flexibility index (Phi) is 6.12. The topological polar surface area (TPSA) is 83.7 Å². The molecule has 1 heterocycles. The third kappa shape index (κ3) is 3.78. The van der Waals surface area contributed by atoms with Gasteiger partial charge in [-0.25, -0.2) is 8.42 Å². The molecule has 8 heteroatoms. The van der Waals surface area contributed by atoms with Crippen LogP contribution in [0, 0.1) is 0 Å². The van der Waals surface area contributed by atoms with Crippen molar-refractivity contribution < 1.29 is 13.2 Å². The van der Waals surface area contributed by atoms with Gasteiger partial charge < -0.3 is 10.6 Å². The van der Waals surface area contributed by atoms with E-state index >= 15 is 0 Å². The first-order valence-corrected chi connectivity index (χ1v) is 8.65. The summed E-state index contributed by atoms with van der Waals surface area (Å²) in [5.74, 6) is -0.198. The molecule has 0 unspecified atom stereocenters. The Morgan fingerprint density at radius 2 is 1.90 bits per heavy atom. The predicted octanol–water partition coefficient (Wildman–Crippen LogP) is 0.696. The van der Waals surface area contributed by atoms with Crippen LogP contribution in [0.1, 0.15) is 18.7 Å². The number of likely N-dealkylation sites (N-methyl/N-ethyl adjacent to an activating group) is 2. The Bertz CT molecular complexity index is 550. The molecule has 1 amide bonds. The number of nitrogens with zero attached hydrogens (tertiary/aromatic N) is 2. The lowest BCUT2D eigenvalue weighted by atomic mass is 10.4. The van der Waals surface area contributed by atoms with E-state index in [-0.39, 0.29) is 16.7 Å². The molecule has 0 aliphatic heterocycles. The zero-order chi connectivity index (χ0) is 15.3. The second-order valence-corrected chi connectivity index (χ2v) is 7.69. The van der Waals surface area contributed by atoms with Crippen molar-refractivity contribution in [2.75, 3.05) is 26.7 Å². The Hall–Kier alpha value is -0.960. The van der Waals surface area contributed by atoms with Crippen molar-refractivity contribution in [1.29, 1.82) is 0 Å². The normalized spacial score (nSPS) is 11.8. The molecule has 1 aromatic rings. The molecule has 1 rings (SSSR count). The smallest absolute Gasteiger partial charge is 0.252 e. The van der Waals surface area contributed by atoms with E-state index in [4.69, 9.17) is 5.73 Å². The van der Waals surface area contributed by atoms with Gasteiger partial charge in [-0.1, -0.05) is 0 Å². The van der Waals surface area contributed by atoms with Crippen molar-refractivity contribution in [2.45, 2.75) is 24.6 Å². The van der Waals surface area contributed by atoms with Crippen LogP contribution < -0.4 is 5.73 Å². The molecular weight excluding hydrogens is 298 g/mol. The summed E-state index contributed by atoms with van der Waals surface area (Å²) in [6.07, 6.45) is 0. The summed E-state index contributed by atoms with van der Waals surface area (Å²) in [7, 11) is -2.21. The summed E-state index contributed by atoms with van der Waals surface area (Å²) in [6.45, 7) is 5.02. The van der Waals surface area contributed by atoms with Crippen LogP contribution in [0.4, 0.5) is 0 Å². The number of hydrogen-bond donors (Lipinski definition) is 1. The number of thiophene rings is 1. The Balaban J connectivity index is 2.84. The van der Waals surface area contributed by atoms with E-state index in [0.717, 1.165) is 20.5 Å². The van der Waals surface area contributed by atoms with Gasteiger partial charge in [-0.05, 0) is 26.0 Å². The molecule has 0 radical (unpaired) electrons. The Morgan fingerprint density at radius 1 is 1.30 bits per heavy atom. The summed E-state index contributed by atoms with van der Waals surface area (Å²) >= 11 is 1.14. The second kappa shape index (κ2) is 7.16. The van der Waals surface area contributed by atoms with Crippen molar-refractivity contribution in [3.8, 4) is 0 Å². The number of hydrogen-bond acceptors (Lipinski definition) is 5. The SMILES string of the molecule is CCN(CC)C(=O)CN(C)S(=O)(=O)c1ccc(CN)s1. The average molecular weight is 319 g/mol. The van der Waals surface area contributed by atoms with Gasteiger partial charge in [0.2, 0.25) is 5.91 Å². The van der Waals surface area contributed by atoms with Crippen LogP contribution in [0.25, 0.3) is 0 Å². The standard InChI is InChI=1S/C12H21N3O3S2/c1-4-15(5-2)11(16)9-14(3)20(17,18)12-7-6-10(8-13)19-12/h6-7H,4-5,8-9,13H2,1-3H3. The van der Waals surface area contributed by atoms with E-state index in [1.165, 1.54) is 13.1 Å². The molecule has 0 atom stereocenters. The van der Waals surface area contributed by atoms with Gasteiger partial charge in [-0.3, -0.25) is 4.79 Å². The number of rotatable bonds is 7. The third-order valence-electron chi connectivity index (χ3n) is 2.98. The molecule has 0 aliphatic rings. The highest BCUT2D eigenvalue weighted by Crippen LogP contribution is 2.23. The first-order valence-electron chi connectivity index (χ1n) is 6.39. The van der Waals surface area contributed by atoms with Gasteiger partial charge in [-0.2, -0.15) is 4.31 Å². The summed E-state index contributed by atoms with van der Waals surface area (Å²) in [5.41, 5.74) is 5.48. The molecule has 0 saturated heterocycles. The van der Waals surface area contributed by atoms with Crippen LogP contribution in [0.3, 0.4) is 0 Å². The minimum atomic E-state index is -3.62. The summed E-state index contributed by atoms with van der Waals surface area (Å²) in [4.78, 5) is 14.4. The van der Waals surface area contributed by atoms with Crippen LogP contribution in [-0.4, -0.2) is 50.2 Å². The molecule has 0 bridgehead atoms. The van der Waals surface area contributed by atoms with Crippen LogP contribution in [0.15, 0.2) is 16.3 Å². The third-order valence-corrected chi connectivity index (χ3v) is 6.36. The van der Waals surface area contributed by atoms with E-state index in [1.807, 2.05) is 13.8 Å². The number of carbonyl (C=O) groups is 1. The maximum Gasteiger partial charge on any atom is 0.252 e. The van der Waals surface area contributed by atoms with Gasteiger partial charge in [0, 0.05) is 31.6 Å². The van der Waals surface area contributed by atoms with E-state index in [9.17, 15) is 13.2 Å². The quantitative estimate of drug-likeness (QED) is 0.801. The zero-order valence-electron chi connectivity index (χ0n) is 12.0. The summed E-state index contributed by atoms with van der Waals surface area (Å²) in [5, 5.41) is 0. The van der Waals surface area contributed by atoms with Gasteiger partial charge in [0.1, 0.15) is 4.21 Å². The Morgan fingerprint density at radius 3 is 2.35 bits per heavy atom. The van der Waals surface area contributed by atoms with Crippen molar-refractivity contribution in [3.05, 3.63) is 17.0 Å². The lowest BCUT2D eigenvalue weighted by Gasteiger charge is -2.22. The van der Waals surface area contributed by atoms with E-state index < -0.39 is 10.0 Å². The Labute approximate surface area is 124 Å². The van der Waals surface area contributed by atoms with Crippen molar-refractivity contribution >= 4 is 27.3 Å². The number of sulfonamides is 1. The highest BCUT2D eigenvalue weighted by Gasteiger charge is 2.25. The zero-order valence-corrected chi connectivity index (χ0v) is 13.6. The van der Waals surface area contributed by atoms with E-state index in [0.29, 0.717) is 19.6 Å². The van der Waals surface area contributed by atoms with E-state index in [1.54, 1.807) is 11.0 Å². The monoisotopic (exact) mass is 319 g/mol. The maximum atomic E-state index is 12.3. The highest BCUT2D eigenvalue weighted by molar-refractivity contribution is 7.91. The first kappa shape index (κ1) is 17.1. The minimum Gasteiger partial charge on any atom is -0.342 e. The molecule has 114 valence electrons. The fraction of sp³-hybridized carbons (Fsp3) is 0.583. The minimum absolute atomic E-state index is 0.153. The summed E-state index contributed by atoms with van der Waals surface area (Å²) in [6, 6.07) is 3.22. The molecule has 0 saturated carbocycles. The van der Waals surface area contributed by atoms with Crippen LogP contribution in [0.2, 0.25) is 0 Å². The molecule has 0 aromatic carbocycles. The molecule has 20 heavy (non-hydrogen) atoms. The molecule has 1 aromatic heterocycles. The lowest BCUT2D eigenvalue weighted by Crippen LogP contribution is -2.40. The largest absolute Gasteiger partial charge is 0.342 e. The van der Waals surface area contributed by atoms with Crippen LogP contribution in [-0.2, 0) is 21.4 Å². The van der Waals surface area contributed by atoms with Crippen LogP contribution in [0.5, 0.6) is 0 Å². The average Bonchev–Trinajstić information content (AvgIpc) is 2.89. The highest BCUT2D eigenvalue weighted by atomic mass is 32.2. The molecule has 6 nitrogen and oxygen atoms in total. The van der Waals surface area contributed by atoms with Gasteiger partial charge in [0.25, 0.3) is 10.0 Å². The fourth-order valence-corrected chi connectivity index (χ4v) is 4.28. The second-order valence-electron chi connectivity index (χ2n) is 4.25. The van der Waals surface area contributed by atoms with Crippen molar-refractivity contribution in [1.82, 2.24) is 9.21 Å². The number of carbonyl (C=O) groups excluding carboxylic acids is 1. The van der Waals surface area contributed by atoms with Gasteiger partial charge in [0.15, 0.2) is 0 Å². The fourth-order valence-electron chi connectivity index (χ4n) is 1.71. The van der Waals surface area contributed by atoms with Crippen molar-refractivity contribution in [3.63, 3.8) is 0 Å². The predicted molar refractivity (Wildman–Crippen MR) is 80.0 cm³/mol. The first-order chi connectivity index (χ1) is 9.36. The van der Waals surface area contributed by atoms with Gasteiger partial charge >= 0.3 is 0 Å². The van der Waals surface area contributed by atoms with Gasteiger partial charge in [0.05, 0.1) is 6.54 Å². The molecule has 2 N–H and O–H groups in total. The number of nitrogens with two attached hydrogens (primary N) is 1. The number of amides is 1. The van der Waals surface area contributed by atoms with Gasteiger partial charge in [-0.15, -0.1) is 11.3 Å². The maximum absolute atomic E-state index is 12.3. The van der Waals surface area contributed by atoms with E-state index in [2.05, 4.69) is 0 Å².